The predicted molar refractivity (Wildman–Crippen MR) is 76.2 cm³/mol. The Kier molecular flexibility index (Phi) is 3.35. The molecule has 3 rings (SSSR count). The molecule has 2 aromatic carbocycles. The lowest BCUT2D eigenvalue weighted by atomic mass is 10.1. The monoisotopic (exact) mass is 297 g/mol. The van der Waals surface area contributed by atoms with Gasteiger partial charge in [-0.05, 0) is 48.3 Å². The summed E-state index contributed by atoms with van der Waals surface area (Å²) in [7, 11) is 0. The van der Waals surface area contributed by atoms with Crippen molar-refractivity contribution >= 4 is 29.4 Å². The molecule has 102 valence electrons. The van der Waals surface area contributed by atoms with Crippen molar-refractivity contribution in [1.29, 1.82) is 5.53 Å². The van der Waals surface area contributed by atoms with Crippen LogP contribution in [-0.4, -0.2) is 16.1 Å². The summed E-state index contributed by atoms with van der Waals surface area (Å²) in [5.74, 6) is -0.619. The van der Waals surface area contributed by atoms with Crippen LogP contribution in [0.2, 0.25) is 0 Å². The van der Waals surface area contributed by atoms with E-state index in [0.29, 0.717) is 16.8 Å². The predicted octanol–water partition coefficient (Wildman–Crippen LogP) is 3.17. The molecule has 0 saturated carbocycles. The highest BCUT2D eigenvalue weighted by atomic mass is 32.2. The zero-order valence-electron chi connectivity index (χ0n) is 10.7. The van der Waals surface area contributed by atoms with Crippen molar-refractivity contribution in [3.8, 4) is 0 Å². The lowest BCUT2D eigenvalue weighted by Crippen LogP contribution is -2.21. The van der Waals surface area contributed by atoms with E-state index in [1.54, 1.807) is 48.5 Å². The van der Waals surface area contributed by atoms with Gasteiger partial charge < -0.3 is 0 Å². The Bertz CT molecular complexity index is 747. The molecule has 1 aliphatic heterocycles. The van der Waals surface area contributed by atoms with Gasteiger partial charge in [-0.1, -0.05) is 12.1 Å². The van der Waals surface area contributed by atoms with Crippen LogP contribution in [0.4, 0.5) is 5.69 Å². The van der Waals surface area contributed by atoms with Gasteiger partial charge in [-0.2, -0.15) is 0 Å². The van der Waals surface area contributed by atoms with Gasteiger partial charge in [0.2, 0.25) is 4.91 Å². The third kappa shape index (κ3) is 2.35. The fraction of sp³-hybridized carbons (Fsp3) is 0. The minimum Gasteiger partial charge on any atom is -0.268 e. The van der Waals surface area contributed by atoms with Gasteiger partial charge in [-0.15, -0.1) is 0 Å². The highest BCUT2D eigenvalue weighted by Crippen LogP contribution is 2.33. The summed E-state index contributed by atoms with van der Waals surface area (Å²) < 4.78 is 1.14. The van der Waals surface area contributed by atoms with Crippen molar-refractivity contribution in [2.24, 2.45) is 5.11 Å². The standard InChI is InChI=1S/C14H9N4O2S/c15-17-16-9-5-7-10(8-6-9)21-18-13(19)11-3-1-2-4-12(11)14(18)20/h1-8,15H/q+1. The maximum Gasteiger partial charge on any atom is 0.272 e. The molecule has 0 aliphatic carbocycles. The van der Waals surface area contributed by atoms with Crippen molar-refractivity contribution < 1.29 is 9.59 Å². The zero-order valence-corrected chi connectivity index (χ0v) is 11.5. The smallest absolute Gasteiger partial charge is 0.268 e. The Morgan fingerprint density at radius 3 is 2.05 bits per heavy atom. The third-order valence-corrected chi connectivity index (χ3v) is 3.95. The van der Waals surface area contributed by atoms with Gasteiger partial charge in [0.25, 0.3) is 11.8 Å². The lowest BCUT2D eigenvalue weighted by molar-refractivity contribution is 0.0777. The quantitative estimate of drug-likeness (QED) is 0.408. The van der Waals surface area contributed by atoms with Gasteiger partial charge in [0.15, 0.2) is 10.8 Å². The van der Waals surface area contributed by atoms with Crippen LogP contribution in [-0.2, 0) is 0 Å². The van der Waals surface area contributed by atoms with E-state index in [4.69, 9.17) is 5.53 Å². The van der Waals surface area contributed by atoms with E-state index in [1.807, 2.05) is 0 Å². The number of nitrogens with zero attached hydrogens (tertiary/aromatic N) is 3. The maximum atomic E-state index is 12.2. The number of benzene rings is 2. The van der Waals surface area contributed by atoms with Crippen LogP contribution < -0.4 is 4.91 Å². The van der Waals surface area contributed by atoms with E-state index in [1.165, 1.54) is 0 Å². The molecule has 0 unspecified atom stereocenters. The molecule has 1 heterocycles. The summed E-state index contributed by atoms with van der Waals surface area (Å²) >= 11 is 1.07. The summed E-state index contributed by atoms with van der Waals surface area (Å²) in [5.41, 5.74) is 8.05. The fourth-order valence-corrected chi connectivity index (χ4v) is 2.82. The lowest BCUT2D eigenvalue weighted by Gasteiger charge is -2.11. The average Bonchev–Trinajstić information content (AvgIpc) is 2.75. The average molecular weight is 297 g/mol. The number of carbonyl (C=O) groups excluding carboxylic acids is 2. The molecule has 0 bridgehead atoms. The number of amides is 2. The van der Waals surface area contributed by atoms with Crippen LogP contribution in [0.1, 0.15) is 20.7 Å². The maximum absolute atomic E-state index is 12.2. The van der Waals surface area contributed by atoms with Crippen LogP contribution in [0, 0.1) is 5.53 Å². The van der Waals surface area contributed by atoms with Crippen molar-refractivity contribution in [2.45, 2.75) is 4.90 Å². The van der Waals surface area contributed by atoms with E-state index in [-0.39, 0.29) is 11.8 Å². The number of fused-ring (bicyclic) bond motifs is 1. The highest BCUT2D eigenvalue weighted by Gasteiger charge is 2.36. The van der Waals surface area contributed by atoms with E-state index < -0.39 is 0 Å². The first kappa shape index (κ1) is 13.2. The van der Waals surface area contributed by atoms with E-state index in [0.717, 1.165) is 21.1 Å². The Labute approximate surface area is 124 Å². The Hall–Kier alpha value is -2.76. The second kappa shape index (κ2) is 5.32. The molecule has 21 heavy (non-hydrogen) atoms. The summed E-state index contributed by atoms with van der Waals surface area (Å²) in [5, 5.41) is 3.58. The molecule has 7 heteroatoms. The van der Waals surface area contributed by atoms with Crippen LogP contribution in [0.3, 0.4) is 0 Å². The van der Waals surface area contributed by atoms with Crippen LogP contribution in [0.25, 0.3) is 0 Å². The fourth-order valence-electron chi connectivity index (χ4n) is 1.99. The number of imide groups is 1. The molecule has 2 aromatic rings. The summed E-state index contributed by atoms with van der Waals surface area (Å²) in [4.78, 5) is 28.1. The summed E-state index contributed by atoms with van der Waals surface area (Å²) in [6.07, 6.45) is 0. The molecule has 2 amide bonds. The molecule has 0 aromatic heterocycles. The Morgan fingerprint density at radius 2 is 1.52 bits per heavy atom. The normalized spacial score (nSPS) is 13.0. The topological polar surface area (TPSA) is 87.7 Å². The summed E-state index contributed by atoms with van der Waals surface area (Å²) in [6, 6.07) is 13.5. The molecule has 1 N–H and O–H groups in total. The minimum atomic E-state index is -0.310. The van der Waals surface area contributed by atoms with Crippen molar-refractivity contribution in [3.05, 3.63) is 59.7 Å². The van der Waals surface area contributed by atoms with Gasteiger partial charge in [0.1, 0.15) is 5.53 Å². The molecule has 0 radical (unpaired) electrons. The molecule has 0 spiro atoms. The number of rotatable bonds is 3. The van der Waals surface area contributed by atoms with Crippen molar-refractivity contribution in [2.75, 3.05) is 0 Å². The first-order chi connectivity index (χ1) is 10.2. The molecule has 0 atom stereocenters. The third-order valence-electron chi connectivity index (χ3n) is 2.96. The minimum absolute atomic E-state index is 0.310. The zero-order chi connectivity index (χ0) is 14.8. The second-order valence-electron chi connectivity index (χ2n) is 4.24. The molecule has 0 fully saturated rings. The largest absolute Gasteiger partial charge is 0.272 e. The van der Waals surface area contributed by atoms with Gasteiger partial charge in [0.05, 0.1) is 11.1 Å². The second-order valence-corrected chi connectivity index (χ2v) is 5.25. The number of hydrogen-bond acceptors (Lipinski definition) is 5. The Morgan fingerprint density at radius 1 is 0.952 bits per heavy atom. The summed E-state index contributed by atoms with van der Waals surface area (Å²) in [6.45, 7) is 0. The van der Waals surface area contributed by atoms with Crippen LogP contribution in [0.15, 0.2) is 58.5 Å². The molecule has 1 aliphatic rings. The molecular formula is C14H9N4O2S+. The van der Waals surface area contributed by atoms with Crippen molar-refractivity contribution in [1.82, 2.24) is 9.22 Å². The first-order valence-electron chi connectivity index (χ1n) is 6.04. The van der Waals surface area contributed by atoms with E-state index >= 15 is 0 Å². The van der Waals surface area contributed by atoms with Gasteiger partial charge >= 0.3 is 0 Å². The molecule has 6 nitrogen and oxygen atoms in total. The first-order valence-corrected chi connectivity index (χ1v) is 6.81. The van der Waals surface area contributed by atoms with E-state index in [9.17, 15) is 9.59 Å². The molecular weight excluding hydrogens is 288 g/mol. The van der Waals surface area contributed by atoms with Gasteiger partial charge in [-0.3, -0.25) is 9.59 Å². The molecule has 0 saturated heterocycles. The van der Waals surface area contributed by atoms with Crippen LogP contribution in [0.5, 0.6) is 0 Å². The van der Waals surface area contributed by atoms with Crippen LogP contribution >= 0.6 is 11.9 Å². The van der Waals surface area contributed by atoms with Crippen molar-refractivity contribution in [3.63, 3.8) is 0 Å². The Balaban J connectivity index is 1.85. The SMILES string of the molecule is N=[N+]=Nc1ccc(SN2C(=O)c3ccccc3C2=O)cc1. The highest BCUT2D eigenvalue weighted by molar-refractivity contribution is 7.98. The number of hydrogen-bond donors (Lipinski definition) is 1. The van der Waals surface area contributed by atoms with Gasteiger partial charge in [-0.25, -0.2) is 4.31 Å². The number of carbonyl (C=O) groups is 2. The van der Waals surface area contributed by atoms with E-state index in [2.05, 4.69) is 10.0 Å². The van der Waals surface area contributed by atoms with Gasteiger partial charge in [0, 0.05) is 4.90 Å². The number of nitrogens with one attached hydrogen (secondary N) is 1.